The average Bonchev–Trinajstić information content (AvgIpc) is 2.38. The number of ether oxygens (including phenoxy) is 1. The summed E-state index contributed by atoms with van der Waals surface area (Å²) in [5.74, 6) is 0.207. The molecule has 0 fully saturated rings. The quantitative estimate of drug-likeness (QED) is 0.731. The Labute approximate surface area is 102 Å². The standard InChI is InChI=1S/C14H17NO2/c1-3-11(2)7-8-17-14(16)13-6-4-5-12(9-13)10-15/h4-6,9,11H,3,7-8H2,1-2H3/t11-/m1/s1. The molecular formula is C14H17NO2. The van der Waals surface area contributed by atoms with E-state index in [2.05, 4.69) is 13.8 Å². The maximum atomic E-state index is 11.7. The molecule has 90 valence electrons. The lowest BCUT2D eigenvalue weighted by Crippen LogP contribution is -2.08. The van der Waals surface area contributed by atoms with Crippen molar-refractivity contribution in [1.82, 2.24) is 0 Å². The fourth-order valence-electron chi connectivity index (χ4n) is 1.36. The largest absolute Gasteiger partial charge is 0.462 e. The van der Waals surface area contributed by atoms with Gasteiger partial charge < -0.3 is 4.74 Å². The highest BCUT2D eigenvalue weighted by atomic mass is 16.5. The van der Waals surface area contributed by atoms with Gasteiger partial charge in [-0.3, -0.25) is 0 Å². The Bertz CT molecular complexity index is 420. The first kappa shape index (κ1) is 13.2. The van der Waals surface area contributed by atoms with Crippen LogP contribution in [0.25, 0.3) is 0 Å². The zero-order chi connectivity index (χ0) is 12.7. The van der Waals surface area contributed by atoms with Gasteiger partial charge in [0.25, 0.3) is 0 Å². The molecular weight excluding hydrogens is 214 g/mol. The Morgan fingerprint density at radius 3 is 2.94 bits per heavy atom. The predicted molar refractivity (Wildman–Crippen MR) is 65.5 cm³/mol. The van der Waals surface area contributed by atoms with Gasteiger partial charge in [0.2, 0.25) is 0 Å². The number of rotatable bonds is 5. The molecule has 0 unspecified atom stereocenters. The molecule has 0 N–H and O–H groups in total. The molecule has 0 aliphatic carbocycles. The summed E-state index contributed by atoms with van der Waals surface area (Å²) in [6.07, 6.45) is 1.96. The first-order chi connectivity index (χ1) is 8.17. The summed E-state index contributed by atoms with van der Waals surface area (Å²) in [7, 11) is 0. The first-order valence-electron chi connectivity index (χ1n) is 5.84. The molecule has 0 spiro atoms. The summed E-state index contributed by atoms with van der Waals surface area (Å²) >= 11 is 0. The molecule has 1 aromatic carbocycles. The molecule has 0 radical (unpaired) electrons. The third-order valence-corrected chi connectivity index (χ3v) is 2.77. The van der Waals surface area contributed by atoms with Crippen molar-refractivity contribution in [2.24, 2.45) is 5.92 Å². The number of nitrogens with zero attached hydrogens (tertiary/aromatic N) is 1. The van der Waals surface area contributed by atoms with Crippen molar-refractivity contribution in [3.63, 3.8) is 0 Å². The van der Waals surface area contributed by atoms with Crippen LogP contribution in [0.4, 0.5) is 0 Å². The van der Waals surface area contributed by atoms with E-state index in [1.165, 1.54) is 0 Å². The molecule has 1 rings (SSSR count). The minimum absolute atomic E-state index is 0.356. The summed E-state index contributed by atoms with van der Waals surface area (Å²) in [5.41, 5.74) is 0.912. The monoisotopic (exact) mass is 231 g/mol. The summed E-state index contributed by atoms with van der Waals surface area (Å²) in [6.45, 7) is 4.68. The van der Waals surface area contributed by atoms with E-state index >= 15 is 0 Å². The lowest BCUT2D eigenvalue weighted by molar-refractivity contribution is 0.0484. The van der Waals surface area contributed by atoms with Gasteiger partial charge >= 0.3 is 5.97 Å². The molecule has 0 amide bonds. The van der Waals surface area contributed by atoms with Crippen LogP contribution in [0.3, 0.4) is 0 Å². The highest BCUT2D eigenvalue weighted by Gasteiger charge is 2.08. The number of hydrogen-bond donors (Lipinski definition) is 0. The van der Waals surface area contributed by atoms with Crippen LogP contribution in [0, 0.1) is 17.2 Å². The summed E-state index contributed by atoms with van der Waals surface area (Å²) in [5, 5.41) is 8.72. The van der Waals surface area contributed by atoms with Gasteiger partial charge in [0.05, 0.1) is 23.8 Å². The van der Waals surface area contributed by atoms with Crippen molar-refractivity contribution in [3.05, 3.63) is 35.4 Å². The molecule has 3 heteroatoms. The molecule has 1 atom stereocenters. The number of nitriles is 1. The molecule has 0 aliphatic heterocycles. The summed E-state index contributed by atoms with van der Waals surface area (Å²) < 4.78 is 5.15. The fraction of sp³-hybridized carbons (Fsp3) is 0.429. The van der Waals surface area contributed by atoms with E-state index in [4.69, 9.17) is 10.00 Å². The van der Waals surface area contributed by atoms with Gasteiger partial charge in [-0.1, -0.05) is 26.3 Å². The lowest BCUT2D eigenvalue weighted by atomic mass is 10.1. The maximum absolute atomic E-state index is 11.7. The van der Waals surface area contributed by atoms with E-state index in [0.29, 0.717) is 23.7 Å². The minimum atomic E-state index is -0.356. The Hall–Kier alpha value is -1.82. The van der Waals surface area contributed by atoms with Gasteiger partial charge in [0.1, 0.15) is 0 Å². The van der Waals surface area contributed by atoms with Crippen molar-refractivity contribution in [3.8, 4) is 6.07 Å². The smallest absolute Gasteiger partial charge is 0.338 e. The fourth-order valence-corrected chi connectivity index (χ4v) is 1.36. The van der Waals surface area contributed by atoms with Crippen LogP contribution in [0.5, 0.6) is 0 Å². The summed E-state index contributed by atoms with van der Waals surface area (Å²) in [6, 6.07) is 8.55. The topological polar surface area (TPSA) is 50.1 Å². The van der Waals surface area contributed by atoms with Crippen LogP contribution >= 0.6 is 0 Å². The van der Waals surface area contributed by atoms with Crippen LogP contribution < -0.4 is 0 Å². The van der Waals surface area contributed by atoms with E-state index in [1.54, 1.807) is 24.3 Å². The van der Waals surface area contributed by atoms with Crippen molar-refractivity contribution >= 4 is 5.97 Å². The van der Waals surface area contributed by atoms with Gasteiger partial charge in [0, 0.05) is 0 Å². The van der Waals surface area contributed by atoms with Gasteiger partial charge in [0.15, 0.2) is 0 Å². The van der Waals surface area contributed by atoms with E-state index in [1.807, 2.05) is 6.07 Å². The Morgan fingerprint density at radius 2 is 2.29 bits per heavy atom. The zero-order valence-corrected chi connectivity index (χ0v) is 10.3. The van der Waals surface area contributed by atoms with Crippen molar-refractivity contribution in [2.75, 3.05) is 6.61 Å². The van der Waals surface area contributed by atoms with Crippen LogP contribution in [0.15, 0.2) is 24.3 Å². The third kappa shape index (κ3) is 4.28. The van der Waals surface area contributed by atoms with Crippen LogP contribution in [0.2, 0.25) is 0 Å². The van der Waals surface area contributed by atoms with Crippen LogP contribution in [0.1, 0.15) is 42.6 Å². The van der Waals surface area contributed by atoms with E-state index in [-0.39, 0.29) is 5.97 Å². The Kier molecular flexibility index (Phi) is 5.22. The Morgan fingerprint density at radius 1 is 1.53 bits per heavy atom. The van der Waals surface area contributed by atoms with E-state index in [9.17, 15) is 4.79 Å². The van der Waals surface area contributed by atoms with E-state index < -0.39 is 0 Å². The number of carbonyl (C=O) groups is 1. The lowest BCUT2D eigenvalue weighted by Gasteiger charge is -2.08. The second kappa shape index (κ2) is 6.70. The second-order valence-corrected chi connectivity index (χ2v) is 4.13. The molecule has 1 aromatic rings. The average molecular weight is 231 g/mol. The Balaban J connectivity index is 2.50. The SMILES string of the molecule is CC[C@@H](C)CCOC(=O)c1cccc(C#N)c1. The van der Waals surface area contributed by atoms with Crippen LogP contribution in [-0.4, -0.2) is 12.6 Å². The molecule has 0 saturated heterocycles. The predicted octanol–water partition coefficient (Wildman–Crippen LogP) is 3.15. The third-order valence-electron chi connectivity index (χ3n) is 2.77. The number of hydrogen-bond acceptors (Lipinski definition) is 3. The number of benzene rings is 1. The van der Waals surface area contributed by atoms with Crippen LogP contribution in [-0.2, 0) is 4.74 Å². The summed E-state index contributed by atoms with van der Waals surface area (Å²) in [4.78, 5) is 11.7. The number of carbonyl (C=O) groups excluding carboxylic acids is 1. The van der Waals surface area contributed by atoms with Crippen molar-refractivity contribution in [1.29, 1.82) is 5.26 Å². The second-order valence-electron chi connectivity index (χ2n) is 4.13. The molecule has 0 saturated carbocycles. The normalized spacial score (nSPS) is 11.6. The highest BCUT2D eigenvalue weighted by molar-refractivity contribution is 5.89. The zero-order valence-electron chi connectivity index (χ0n) is 10.3. The molecule has 3 nitrogen and oxygen atoms in total. The van der Waals surface area contributed by atoms with Crippen molar-refractivity contribution in [2.45, 2.75) is 26.7 Å². The number of esters is 1. The van der Waals surface area contributed by atoms with Gasteiger partial charge in [-0.05, 0) is 30.5 Å². The van der Waals surface area contributed by atoms with Gasteiger partial charge in [-0.15, -0.1) is 0 Å². The minimum Gasteiger partial charge on any atom is -0.462 e. The van der Waals surface area contributed by atoms with Gasteiger partial charge in [-0.2, -0.15) is 5.26 Å². The highest BCUT2D eigenvalue weighted by Crippen LogP contribution is 2.09. The van der Waals surface area contributed by atoms with Crippen molar-refractivity contribution < 1.29 is 9.53 Å². The molecule has 0 aromatic heterocycles. The van der Waals surface area contributed by atoms with E-state index in [0.717, 1.165) is 12.8 Å². The molecule has 0 bridgehead atoms. The van der Waals surface area contributed by atoms with Gasteiger partial charge in [-0.25, -0.2) is 4.79 Å². The first-order valence-corrected chi connectivity index (χ1v) is 5.84. The molecule has 0 aliphatic rings. The maximum Gasteiger partial charge on any atom is 0.338 e. The molecule has 0 heterocycles. The molecule has 17 heavy (non-hydrogen) atoms.